The Balaban J connectivity index is 2.88. The van der Waals surface area contributed by atoms with Gasteiger partial charge < -0.3 is 10.2 Å². The van der Waals surface area contributed by atoms with Gasteiger partial charge in [-0.25, -0.2) is 0 Å². The van der Waals surface area contributed by atoms with Crippen molar-refractivity contribution in [3.05, 3.63) is 58.2 Å². The van der Waals surface area contributed by atoms with Gasteiger partial charge in [-0.15, -0.1) is 0 Å². The number of rotatable bonds is 15. The van der Waals surface area contributed by atoms with Gasteiger partial charge in [0.1, 0.15) is 0 Å². The van der Waals surface area contributed by atoms with E-state index in [1.807, 2.05) is 19.9 Å². The van der Waals surface area contributed by atoms with Crippen LogP contribution in [0.3, 0.4) is 0 Å². The van der Waals surface area contributed by atoms with Crippen molar-refractivity contribution in [3.63, 3.8) is 0 Å². The van der Waals surface area contributed by atoms with Gasteiger partial charge in [0.15, 0.2) is 5.41 Å². The van der Waals surface area contributed by atoms with Crippen molar-refractivity contribution in [2.24, 2.45) is 16.7 Å². The minimum atomic E-state index is -1.74. The SMILES string of the molecule is CC(C)=CCCC(C)=CCCC(C)=CC1C(C)(CCC=C(C)CCC=C(C)C)C1(C(=O)O)C(=O)O. The lowest BCUT2D eigenvalue weighted by molar-refractivity contribution is -0.159. The van der Waals surface area contributed by atoms with E-state index < -0.39 is 28.7 Å². The summed E-state index contributed by atoms with van der Waals surface area (Å²) < 4.78 is 0. The van der Waals surface area contributed by atoms with E-state index >= 15 is 0 Å². The molecule has 4 nitrogen and oxygen atoms in total. The Labute approximate surface area is 213 Å². The molecule has 2 unspecified atom stereocenters. The Kier molecular flexibility index (Phi) is 12.0. The Morgan fingerprint density at radius 1 is 0.657 bits per heavy atom. The van der Waals surface area contributed by atoms with E-state index in [4.69, 9.17) is 0 Å². The van der Waals surface area contributed by atoms with Gasteiger partial charge in [-0.05, 0) is 99.8 Å². The molecule has 1 aliphatic carbocycles. The fraction of sp³-hybridized carbons (Fsp3) is 0.613. The summed E-state index contributed by atoms with van der Waals surface area (Å²) in [5.41, 5.74) is 3.77. The predicted octanol–water partition coefficient (Wildman–Crippen LogP) is 8.67. The van der Waals surface area contributed by atoms with Crippen LogP contribution >= 0.6 is 0 Å². The summed E-state index contributed by atoms with van der Waals surface area (Å²) in [5.74, 6) is -2.94. The summed E-state index contributed by atoms with van der Waals surface area (Å²) in [6.45, 7) is 16.5. The number of carbonyl (C=O) groups is 2. The molecule has 196 valence electrons. The molecule has 0 aromatic carbocycles. The smallest absolute Gasteiger partial charge is 0.322 e. The molecule has 1 aliphatic rings. The monoisotopic (exact) mass is 484 g/mol. The third kappa shape index (κ3) is 8.37. The number of hydrogen-bond acceptors (Lipinski definition) is 2. The summed E-state index contributed by atoms with van der Waals surface area (Å²) in [4.78, 5) is 24.5. The third-order valence-electron chi connectivity index (χ3n) is 7.47. The van der Waals surface area contributed by atoms with E-state index in [9.17, 15) is 19.8 Å². The van der Waals surface area contributed by atoms with Crippen LogP contribution in [0, 0.1) is 16.7 Å². The first kappa shape index (κ1) is 30.7. The van der Waals surface area contributed by atoms with Gasteiger partial charge in [0.25, 0.3) is 0 Å². The largest absolute Gasteiger partial charge is 0.480 e. The average molecular weight is 485 g/mol. The maximum absolute atomic E-state index is 12.2. The van der Waals surface area contributed by atoms with Crippen molar-refractivity contribution in [1.82, 2.24) is 0 Å². The molecule has 1 fully saturated rings. The second-order valence-electron chi connectivity index (χ2n) is 11.1. The van der Waals surface area contributed by atoms with Gasteiger partial charge in [-0.2, -0.15) is 0 Å². The molecule has 0 aliphatic heterocycles. The van der Waals surface area contributed by atoms with E-state index in [1.165, 1.54) is 22.3 Å². The average Bonchev–Trinajstić information content (AvgIpc) is 3.26. The maximum atomic E-state index is 12.2. The number of hydrogen-bond donors (Lipinski definition) is 2. The van der Waals surface area contributed by atoms with Crippen LogP contribution in [0.4, 0.5) is 0 Å². The predicted molar refractivity (Wildman–Crippen MR) is 146 cm³/mol. The van der Waals surface area contributed by atoms with Crippen molar-refractivity contribution < 1.29 is 19.8 Å². The first-order valence-corrected chi connectivity index (χ1v) is 13.0. The first-order chi connectivity index (χ1) is 16.3. The van der Waals surface area contributed by atoms with Gasteiger partial charge in [0.2, 0.25) is 0 Å². The molecular formula is C31H48O4. The molecule has 2 atom stereocenters. The highest BCUT2D eigenvalue weighted by atomic mass is 16.4. The summed E-state index contributed by atoms with van der Waals surface area (Å²) >= 11 is 0. The molecule has 0 radical (unpaired) electrons. The molecule has 35 heavy (non-hydrogen) atoms. The van der Waals surface area contributed by atoms with E-state index in [2.05, 4.69) is 65.8 Å². The van der Waals surface area contributed by atoms with Gasteiger partial charge in [-0.1, -0.05) is 65.2 Å². The summed E-state index contributed by atoms with van der Waals surface area (Å²) in [5, 5.41) is 20.0. The van der Waals surface area contributed by atoms with E-state index in [-0.39, 0.29) is 0 Å². The number of carboxylic acid groups (broad SMARTS) is 2. The molecule has 0 bridgehead atoms. The quantitative estimate of drug-likeness (QED) is 0.180. The number of aliphatic carboxylic acids is 2. The minimum Gasteiger partial charge on any atom is -0.480 e. The first-order valence-electron chi connectivity index (χ1n) is 13.0. The van der Waals surface area contributed by atoms with Gasteiger partial charge >= 0.3 is 11.9 Å². The van der Waals surface area contributed by atoms with Crippen LogP contribution < -0.4 is 0 Å². The fourth-order valence-corrected chi connectivity index (χ4v) is 5.14. The van der Waals surface area contributed by atoms with Gasteiger partial charge in [0.05, 0.1) is 0 Å². The topological polar surface area (TPSA) is 74.6 Å². The van der Waals surface area contributed by atoms with Crippen molar-refractivity contribution in [2.75, 3.05) is 0 Å². The Morgan fingerprint density at radius 2 is 1.06 bits per heavy atom. The second kappa shape index (κ2) is 13.7. The van der Waals surface area contributed by atoms with Crippen LogP contribution in [-0.4, -0.2) is 22.2 Å². The summed E-state index contributed by atoms with van der Waals surface area (Å²) in [7, 11) is 0. The van der Waals surface area contributed by atoms with Crippen LogP contribution in [0.15, 0.2) is 58.2 Å². The molecule has 0 aromatic rings. The highest BCUT2D eigenvalue weighted by molar-refractivity contribution is 6.04. The zero-order chi connectivity index (χ0) is 26.8. The lowest BCUT2D eigenvalue weighted by atomic mass is 9.89. The molecule has 0 spiro atoms. The molecule has 1 saturated carbocycles. The second-order valence-corrected chi connectivity index (χ2v) is 11.1. The van der Waals surface area contributed by atoms with Crippen LogP contribution in [0.25, 0.3) is 0 Å². The van der Waals surface area contributed by atoms with Crippen LogP contribution in [-0.2, 0) is 9.59 Å². The van der Waals surface area contributed by atoms with Gasteiger partial charge in [-0.3, -0.25) is 9.59 Å². The van der Waals surface area contributed by atoms with E-state index in [1.54, 1.807) is 0 Å². The molecule has 1 rings (SSSR count). The molecule has 4 heteroatoms. The Morgan fingerprint density at radius 3 is 1.49 bits per heavy atom. The molecule has 2 N–H and O–H groups in total. The Bertz CT molecular complexity index is 890. The lowest BCUT2D eigenvalue weighted by Gasteiger charge is -2.14. The highest BCUT2D eigenvalue weighted by Gasteiger charge is 2.81. The zero-order valence-corrected chi connectivity index (χ0v) is 23.3. The summed E-state index contributed by atoms with van der Waals surface area (Å²) in [6.07, 6.45) is 17.7. The van der Waals surface area contributed by atoms with Crippen LogP contribution in [0.5, 0.6) is 0 Å². The van der Waals surface area contributed by atoms with Crippen molar-refractivity contribution in [1.29, 1.82) is 0 Å². The third-order valence-corrected chi connectivity index (χ3v) is 7.47. The molecule has 0 saturated heterocycles. The van der Waals surface area contributed by atoms with Crippen molar-refractivity contribution in [2.45, 2.75) is 107 Å². The van der Waals surface area contributed by atoms with E-state index in [0.29, 0.717) is 12.8 Å². The molecule has 0 amide bonds. The minimum absolute atomic E-state index is 0.493. The van der Waals surface area contributed by atoms with Crippen LogP contribution in [0.2, 0.25) is 0 Å². The molecule has 0 aromatic heterocycles. The highest BCUT2D eigenvalue weighted by Crippen LogP contribution is 2.72. The number of carboxylic acids is 2. The van der Waals surface area contributed by atoms with Crippen molar-refractivity contribution in [3.8, 4) is 0 Å². The fourth-order valence-electron chi connectivity index (χ4n) is 5.14. The maximum Gasteiger partial charge on any atom is 0.322 e. The Hall–Kier alpha value is -2.36. The van der Waals surface area contributed by atoms with E-state index in [0.717, 1.165) is 44.1 Å². The van der Waals surface area contributed by atoms with Crippen molar-refractivity contribution >= 4 is 11.9 Å². The standard InChI is InChI=1S/C31H48O4/c1-22(2)13-9-15-24(5)17-11-18-26(7)21-27-30(8,31(27,28(32)33)29(34)35)20-12-19-25(6)16-10-14-23(3)4/h13-14,17,19,21,27H,9-12,15-16,18,20H2,1-8H3,(H,32,33)(H,34,35). The zero-order valence-electron chi connectivity index (χ0n) is 23.3. The summed E-state index contributed by atoms with van der Waals surface area (Å²) in [6, 6.07) is 0. The molecule has 0 heterocycles. The van der Waals surface area contributed by atoms with Gasteiger partial charge in [0, 0.05) is 11.3 Å². The normalized spacial score (nSPS) is 21.9. The lowest BCUT2D eigenvalue weighted by Crippen LogP contribution is -2.31. The molecular weight excluding hydrogens is 436 g/mol. The van der Waals surface area contributed by atoms with Crippen LogP contribution in [0.1, 0.15) is 107 Å². The number of allylic oxidation sites excluding steroid dienone is 10.